The van der Waals surface area contributed by atoms with Crippen LogP contribution in [0.1, 0.15) is 5.56 Å². The van der Waals surface area contributed by atoms with Gasteiger partial charge in [-0.2, -0.15) is 13.2 Å². The lowest BCUT2D eigenvalue weighted by Gasteiger charge is -2.15. The van der Waals surface area contributed by atoms with Gasteiger partial charge in [-0.05, 0) is 29.7 Å². The minimum absolute atomic E-state index is 0.0111. The predicted molar refractivity (Wildman–Crippen MR) is 84.8 cm³/mol. The van der Waals surface area contributed by atoms with Gasteiger partial charge in [-0.1, -0.05) is 30.3 Å². The van der Waals surface area contributed by atoms with Crippen molar-refractivity contribution in [2.45, 2.75) is 6.18 Å². The second kappa shape index (κ2) is 5.39. The number of hydrogen-bond donors (Lipinski definition) is 3. The molecular weight excluding hydrogens is 305 g/mol. The Morgan fingerprint density at radius 2 is 1.70 bits per heavy atom. The molecule has 0 bridgehead atoms. The van der Waals surface area contributed by atoms with Crippen LogP contribution in [-0.4, -0.2) is 5.11 Å². The fourth-order valence-corrected chi connectivity index (χ4v) is 2.38. The number of anilines is 3. The molecule has 3 nitrogen and oxygen atoms in total. The standard InChI is InChI=1S/C17H13F3N2O/c18-17(19,20)11-6-7-14(13(21)9-11)22-16-12-4-2-1-3-10(12)5-8-15(16)23/h1-9,22-23H,21H2. The number of phenols is 1. The van der Waals surface area contributed by atoms with Gasteiger partial charge >= 0.3 is 6.18 Å². The summed E-state index contributed by atoms with van der Waals surface area (Å²) in [6.07, 6.45) is -4.45. The Bertz CT molecular complexity index is 875. The average molecular weight is 318 g/mol. The maximum Gasteiger partial charge on any atom is 0.416 e. The van der Waals surface area contributed by atoms with Crippen molar-refractivity contribution < 1.29 is 18.3 Å². The maximum atomic E-state index is 12.7. The molecule has 0 amide bonds. The highest BCUT2D eigenvalue weighted by molar-refractivity contribution is 5.99. The highest BCUT2D eigenvalue weighted by atomic mass is 19.4. The van der Waals surface area contributed by atoms with Crippen LogP contribution in [0.2, 0.25) is 0 Å². The van der Waals surface area contributed by atoms with Crippen molar-refractivity contribution in [1.82, 2.24) is 0 Å². The molecule has 0 aromatic heterocycles. The quantitative estimate of drug-likeness (QED) is 0.466. The molecular formula is C17H13F3N2O. The minimum Gasteiger partial charge on any atom is -0.506 e. The Morgan fingerprint density at radius 3 is 2.39 bits per heavy atom. The zero-order valence-corrected chi connectivity index (χ0v) is 11.9. The van der Waals surface area contributed by atoms with Crippen molar-refractivity contribution >= 4 is 27.8 Å². The van der Waals surface area contributed by atoms with Gasteiger partial charge in [0.05, 0.1) is 22.6 Å². The first-order valence-corrected chi connectivity index (χ1v) is 6.81. The summed E-state index contributed by atoms with van der Waals surface area (Å²) in [4.78, 5) is 0. The first-order chi connectivity index (χ1) is 10.9. The van der Waals surface area contributed by atoms with Crippen LogP contribution in [0.5, 0.6) is 5.75 Å². The molecule has 0 atom stereocenters. The normalized spacial score (nSPS) is 11.6. The molecule has 3 aromatic carbocycles. The molecule has 0 heterocycles. The maximum absolute atomic E-state index is 12.7. The topological polar surface area (TPSA) is 58.3 Å². The number of aromatic hydroxyl groups is 1. The van der Waals surface area contributed by atoms with Crippen molar-refractivity contribution in [3.8, 4) is 5.75 Å². The van der Waals surface area contributed by atoms with Gasteiger partial charge in [0, 0.05) is 5.39 Å². The molecule has 23 heavy (non-hydrogen) atoms. The van der Waals surface area contributed by atoms with Crippen LogP contribution in [0.4, 0.5) is 30.2 Å². The molecule has 0 saturated heterocycles. The Hall–Kier alpha value is -2.89. The monoisotopic (exact) mass is 318 g/mol. The van der Waals surface area contributed by atoms with Crippen LogP contribution in [0.3, 0.4) is 0 Å². The molecule has 118 valence electrons. The summed E-state index contributed by atoms with van der Waals surface area (Å²) in [7, 11) is 0. The average Bonchev–Trinajstić information content (AvgIpc) is 2.50. The zero-order valence-electron chi connectivity index (χ0n) is 11.9. The van der Waals surface area contributed by atoms with Gasteiger partial charge in [-0.15, -0.1) is 0 Å². The third kappa shape index (κ3) is 2.88. The first kappa shape index (κ1) is 15.0. The number of rotatable bonds is 2. The second-order valence-electron chi connectivity index (χ2n) is 5.11. The summed E-state index contributed by atoms with van der Waals surface area (Å²) in [6, 6.07) is 13.7. The largest absolute Gasteiger partial charge is 0.506 e. The van der Waals surface area contributed by atoms with Crippen molar-refractivity contribution in [1.29, 1.82) is 0 Å². The van der Waals surface area contributed by atoms with Gasteiger partial charge in [0.15, 0.2) is 0 Å². The lowest BCUT2D eigenvalue weighted by molar-refractivity contribution is -0.137. The second-order valence-corrected chi connectivity index (χ2v) is 5.11. The van der Waals surface area contributed by atoms with Gasteiger partial charge in [0.25, 0.3) is 0 Å². The van der Waals surface area contributed by atoms with E-state index in [1.165, 1.54) is 12.1 Å². The van der Waals surface area contributed by atoms with Gasteiger partial charge in [0.1, 0.15) is 5.75 Å². The van der Waals surface area contributed by atoms with Gasteiger partial charge in [-0.25, -0.2) is 0 Å². The summed E-state index contributed by atoms with van der Waals surface area (Å²) in [5, 5.41) is 14.6. The highest BCUT2D eigenvalue weighted by Gasteiger charge is 2.30. The van der Waals surface area contributed by atoms with E-state index in [4.69, 9.17) is 5.73 Å². The van der Waals surface area contributed by atoms with Crippen LogP contribution < -0.4 is 11.1 Å². The molecule has 0 aliphatic carbocycles. The van der Waals surface area contributed by atoms with Gasteiger partial charge in [0.2, 0.25) is 0 Å². The number of halogens is 3. The number of hydrogen-bond acceptors (Lipinski definition) is 3. The van der Waals surface area contributed by atoms with Crippen LogP contribution in [-0.2, 0) is 6.18 Å². The van der Waals surface area contributed by atoms with Crippen LogP contribution in [0.25, 0.3) is 10.8 Å². The van der Waals surface area contributed by atoms with Crippen LogP contribution in [0.15, 0.2) is 54.6 Å². The fraction of sp³-hybridized carbons (Fsp3) is 0.0588. The van der Waals surface area contributed by atoms with Crippen LogP contribution >= 0.6 is 0 Å². The Balaban J connectivity index is 2.05. The van der Waals surface area contributed by atoms with E-state index >= 15 is 0 Å². The van der Waals surface area contributed by atoms with E-state index in [-0.39, 0.29) is 11.4 Å². The van der Waals surface area contributed by atoms with E-state index in [1.54, 1.807) is 12.1 Å². The summed E-state index contributed by atoms with van der Waals surface area (Å²) < 4.78 is 38.0. The number of benzene rings is 3. The van der Waals surface area contributed by atoms with Crippen molar-refractivity contribution in [3.63, 3.8) is 0 Å². The summed E-state index contributed by atoms with van der Waals surface area (Å²) >= 11 is 0. The third-order valence-corrected chi connectivity index (χ3v) is 3.55. The Labute approximate surface area is 130 Å². The van der Waals surface area contributed by atoms with Gasteiger partial charge < -0.3 is 16.2 Å². The SMILES string of the molecule is Nc1cc(C(F)(F)F)ccc1Nc1c(O)ccc2ccccc12. The van der Waals surface area contributed by atoms with E-state index in [0.717, 1.165) is 22.9 Å². The van der Waals surface area contributed by atoms with E-state index in [1.807, 2.05) is 18.2 Å². The van der Waals surface area contributed by atoms with E-state index in [9.17, 15) is 18.3 Å². The Morgan fingerprint density at radius 1 is 0.957 bits per heavy atom. The molecule has 3 rings (SSSR count). The number of phenolic OH excluding ortho intramolecular Hbond substituents is 1. The van der Waals surface area contributed by atoms with E-state index in [2.05, 4.69) is 5.32 Å². The molecule has 6 heteroatoms. The number of nitrogens with two attached hydrogens (primary N) is 1. The van der Waals surface area contributed by atoms with Gasteiger partial charge in [-0.3, -0.25) is 0 Å². The first-order valence-electron chi connectivity index (χ1n) is 6.81. The van der Waals surface area contributed by atoms with Crippen LogP contribution in [0, 0.1) is 0 Å². The molecule has 0 saturated carbocycles. The number of nitrogens with one attached hydrogen (secondary N) is 1. The number of nitrogen functional groups attached to an aromatic ring is 1. The van der Waals surface area contributed by atoms with Crippen molar-refractivity contribution in [2.24, 2.45) is 0 Å². The van der Waals surface area contributed by atoms with E-state index < -0.39 is 11.7 Å². The molecule has 0 fully saturated rings. The van der Waals surface area contributed by atoms with Crippen molar-refractivity contribution in [3.05, 3.63) is 60.2 Å². The predicted octanol–water partition coefficient (Wildman–Crippen LogP) is 4.89. The summed E-state index contributed by atoms with van der Waals surface area (Å²) in [6.45, 7) is 0. The number of alkyl halides is 3. The Kier molecular flexibility index (Phi) is 3.52. The van der Waals surface area contributed by atoms with Crippen molar-refractivity contribution in [2.75, 3.05) is 11.1 Å². The molecule has 0 aliphatic rings. The molecule has 4 N–H and O–H groups in total. The van der Waals surface area contributed by atoms with E-state index in [0.29, 0.717) is 11.4 Å². The third-order valence-electron chi connectivity index (χ3n) is 3.55. The fourth-order valence-electron chi connectivity index (χ4n) is 2.38. The summed E-state index contributed by atoms with van der Waals surface area (Å²) in [5.74, 6) is -0.0111. The highest BCUT2D eigenvalue weighted by Crippen LogP contribution is 2.38. The zero-order chi connectivity index (χ0) is 16.6. The molecule has 0 aliphatic heterocycles. The molecule has 0 unspecified atom stereocenters. The lowest BCUT2D eigenvalue weighted by Crippen LogP contribution is -2.06. The summed E-state index contributed by atoms with van der Waals surface area (Å²) in [5.41, 5.74) is 5.54. The molecule has 3 aromatic rings. The smallest absolute Gasteiger partial charge is 0.416 e. The lowest BCUT2D eigenvalue weighted by atomic mass is 10.1. The minimum atomic E-state index is -4.45. The molecule has 0 spiro atoms. The number of fused-ring (bicyclic) bond motifs is 1. The molecule has 0 radical (unpaired) electrons.